The normalized spacial score (nSPS) is 37.4. The molecule has 0 bridgehead atoms. The SMILES string of the molecule is CC(C)C1CC(CN)(N2CCC(N(C)C)C2)CCO1. The van der Waals surface area contributed by atoms with E-state index in [-0.39, 0.29) is 5.54 Å². The predicted octanol–water partition coefficient (Wildman–Crippen LogP) is 1.15. The van der Waals surface area contributed by atoms with Gasteiger partial charge in [-0.15, -0.1) is 0 Å². The molecule has 0 spiro atoms. The molecule has 0 amide bonds. The number of nitrogens with zero attached hydrogens (tertiary/aromatic N) is 2. The maximum Gasteiger partial charge on any atom is 0.0616 e. The lowest BCUT2D eigenvalue weighted by Crippen LogP contribution is -2.58. The number of rotatable bonds is 4. The number of likely N-dealkylation sites (tertiary alicyclic amines) is 1. The van der Waals surface area contributed by atoms with Crippen LogP contribution in [-0.2, 0) is 4.74 Å². The fourth-order valence-corrected chi connectivity index (χ4v) is 3.56. The molecular formula is C15H31N3O. The van der Waals surface area contributed by atoms with E-state index < -0.39 is 0 Å². The van der Waals surface area contributed by atoms with Crippen molar-refractivity contribution in [3.63, 3.8) is 0 Å². The predicted molar refractivity (Wildman–Crippen MR) is 79.3 cm³/mol. The lowest BCUT2D eigenvalue weighted by atomic mass is 9.82. The standard InChI is InChI=1S/C15H31N3O/c1-12(2)14-9-15(11-16,6-8-19-14)18-7-5-13(10-18)17(3)4/h12-14H,5-11,16H2,1-4H3. The van der Waals surface area contributed by atoms with Crippen molar-refractivity contribution in [2.75, 3.05) is 40.3 Å². The summed E-state index contributed by atoms with van der Waals surface area (Å²) in [5, 5.41) is 0. The van der Waals surface area contributed by atoms with Crippen molar-refractivity contribution < 1.29 is 4.74 Å². The molecule has 0 aromatic heterocycles. The Balaban J connectivity index is 2.06. The van der Waals surface area contributed by atoms with Gasteiger partial charge in [0.1, 0.15) is 0 Å². The quantitative estimate of drug-likeness (QED) is 0.831. The molecule has 2 rings (SSSR count). The van der Waals surface area contributed by atoms with Gasteiger partial charge in [-0.1, -0.05) is 13.8 Å². The Labute approximate surface area is 118 Å². The lowest BCUT2D eigenvalue weighted by molar-refractivity contribution is -0.0831. The van der Waals surface area contributed by atoms with Crippen molar-refractivity contribution in [1.82, 2.24) is 9.80 Å². The van der Waals surface area contributed by atoms with Crippen molar-refractivity contribution in [1.29, 1.82) is 0 Å². The maximum atomic E-state index is 6.19. The number of ether oxygens (including phenoxy) is 1. The molecule has 2 fully saturated rings. The van der Waals surface area contributed by atoms with Crippen molar-refractivity contribution in [2.45, 2.75) is 50.8 Å². The van der Waals surface area contributed by atoms with Crippen LogP contribution >= 0.6 is 0 Å². The Morgan fingerprint density at radius 3 is 2.68 bits per heavy atom. The maximum absolute atomic E-state index is 6.19. The van der Waals surface area contributed by atoms with Crippen LogP contribution in [0.4, 0.5) is 0 Å². The molecule has 2 heterocycles. The largest absolute Gasteiger partial charge is 0.378 e. The van der Waals surface area contributed by atoms with Crippen molar-refractivity contribution >= 4 is 0 Å². The van der Waals surface area contributed by atoms with Gasteiger partial charge in [-0.3, -0.25) is 4.90 Å². The zero-order chi connectivity index (χ0) is 14.0. The highest BCUT2D eigenvalue weighted by Crippen LogP contribution is 2.35. The lowest BCUT2D eigenvalue weighted by Gasteiger charge is -2.47. The third-order valence-corrected chi connectivity index (χ3v) is 5.17. The van der Waals surface area contributed by atoms with Gasteiger partial charge in [0.05, 0.1) is 6.10 Å². The van der Waals surface area contributed by atoms with E-state index in [2.05, 4.69) is 37.7 Å². The van der Waals surface area contributed by atoms with E-state index in [4.69, 9.17) is 10.5 Å². The van der Waals surface area contributed by atoms with E-state index in [0.717, 1.165) is 32.5 Å². The average Bonchev–Trinajstić information content (AvgIpc) is 2.89. The van der Waals surface area contributed by atoms with Crippen LogP contribution in [0.5, 0.6) is 0 Å². The first-order chi connectivity index (χ1) is 8.98. The third kappa shape index (κ3) is 3.13. The van der Waals surface area contributed by atoms with E-state index >= 15 is 0 Å². The van der Waals surface area contributed by atoms with Crippen LogP contribution in [0.15, 0.2) is 0 Å². The summed E-state index contributed by atoms with van der Waals surface area (Å²) in [4.78, 5) is 5.00. The summed E-state index contributed by atoms with van der Waals surface area (Å²) in [7, 11) is 4.37. The molecule has 0 aromatic carbocycles. The van der Waals surface area contributed by atoms with Gasteiger partial charge < -0.3 is 15.4 Å². The monoisotopic (exact) mass is 269 g/mol. The first kappa shape index (κ1) is 15.2. The Hall–Kier alpha value is -0.160. The number of nitrogens with two attached hydrogens (primary N) is 1. The number of hydrogen-bond donors (Lipinski definition) is 1. The molecule has 2 aliphatic rings. The second-order valence-electron chi connectivity index (χ2n) is 6.89. The fourth-order valence-electron chi connectivity index (χ4n) is 3.56. The molecule has 0 radical (unpaired) electrons. The highest BCUT2D eigenvalue weighted by atomic mass is 16.5. The molecule has 2 saturated heterocycles. The molecule has 0 saturated carbocycles. The van der Waals surface area contributed by atoms with Crippen molar-refractivity contribution in [3.05, 3.63) is 0 Å². The third-order valence-electron chi connectivity index (χ3n) is 5.17. The average molecular weight is 269 g/mol. The van der Waals surface area contributed by atoms with Gasteiger partial charge in [0.25, 0.3) is 0 Å². The van der Waals surface area contributed by atoms with Gasteiger partial charge in [0.2, 0.25) is 0 Å². The molecule has 4 heteroatoms. The Kier molecular flexibility index (Phi) is 4.88. The second-order valence-corrected chi connectivity index (χ2v) is 6.89. The summed E-state index contributed by atoms with van der Waals surface area (Å²) in [5.74, 6) is 0.582. The second kappa shape index (κ2) is 6.08. The van der Waals surface area contributed by atoms with E-state index in [1.807, 2.05) is 0 Å². The van der Waals surface area contributed by atoms with Crippen LogP contribution in [0.25, 0.3) is 0 Å². The first-order valence-corrected chi connectivity index (χ1v) is 7.71. The fraction of sp³-hybridized carbons (Fsp3) is 1.00. The Bertz CT molecular complexity index is 295. The molecule has 0 aromatic rings. The molecule has 3 atom stereocenters. The summed E-state index contributed by atoms with van der Waals surface area (Å²) in [5.41, 5.74) is 6.37. The molecule has 2 aliphatic heterocycles. The minimum atomic E-state index is 0.179. The van der Waals surface area contributed by atoms with E-state index in [1.165, 1.54) is 13.0 Å². The Morgan fingerprint density at radius 2 is 2.16 bits per heavy atom. The zero-order valence-electron chi connectivity index (χ0n) is 13.1. The molecule has 2 N–H and O–H groups in total. The first-order valence-electron chi connectivity index (χ1n) is 7.71. The van der Waals surface area contributed by atoms with Crippen LogP contribution < -0.4 is 5.73 Å². The van der Waals surface area contributed by atoms with Crippen LogP contribution in [0.3, 0.4) is 0 Å². The van der Waals surface area contributed by atoms with Crippen LogP contribution in [-0.4, -0.2) is 67.8 Å². The molecular weight excluding hydrogens is 238 g/mol. The topological polar surface area (TPSA) is 41.7 Å². The van der Waals surface area contributed by atoms with Gasteiger partial charge in [-0.25, -0.2) is 0 Å². The summed E-state index contributed by atoms with van der Waals surface area (Å²) >= 11 is 0. The number of hydrogen-bond acceptors (Lipinski definition) is 4. The molecule has 3 unspecified atom stereocenters. The van der Waals surface area contributed by atoms with E-state index in [1.54, 1.807) is 0 Å². The van der Waals surface area contributed by atoms with Crippen molar-refractivity contribution in [2.24, 2.45) is 11.7 Å². The van der Waals surface area contributed by atoms with Gasteiger partial charge >= 0.3 is 0 Å². The summed E-state index contributed by atoms with van der Waals surface area (Å²) in [6, 6.07) is 0.684. The minimum absolute atomic E-state index is 0.179. The molecule has 112 valence electrons. The van der Waals surface area contributed by atoms with E-state index in [9.17, 15) is 0 Å². The Morgan fingerprint density at radius 1 is 1.42 bits per heavy atom. The summed E-state index contributed by atoms with van der Waals surface area (Å²) < 4.78 is 5.94. The van der Waals surface area contributed by atoms with Crippen molar-refractivity contribution in [3.8, 4) is 0 Å². The van der Waals surface area contributed by atoms with Crippen LogP contribution in [0.1, 0.15) is 33.1 Å². The number of likely N-dealkylation sites (N-methyl/N-ethyl adjacent to an activating group) is 1. The summed E-state index contributed by atoms with van der Waals surface area (Å²) in [6.07, 6.45) is 3.83. The van der Waals surface area contributed by atoms with Gasteiger partial charge in [0, 0.05) is 37.8 Å². The molecule has 0 aliphatic carbocycles. The van der Waals surface area contributed by atoms with Gasteiger partial charge in [-0.2, -0.15) is 0 Å². The smallest absolute Gasteiger partial charge is 0.0616 e. The highest BCUT2D eigenvalue weighted by molar-refractivity contribution is 5.00. The van der Waals surface area contributed by atoms with Crippen LogP contribution in [0.2, 0.25) is 0 Å². The molecule has 19 heavy (non-hydrogen) atoms. The zero-order valence-corrected chi connectivity index (χ0v) is 13.1. The van der Waals surface area contributed by atoms with Gasteiger partial charge in [-0.05, 0) is 39.3 Å². The van der Waals surface area contributed by atoms with Gasteiger partial charge in [0.15, 0.2) is 0 Å². The highest BCUT2D eigenvalue weighted by Gasteiger charge is 2.44. The van der Waals surface area contributed by atoms with Crippen LogP contribution in [0, 0.1) is 5.92 Å². The minimum Gasteiger partial charge on any atom is -0.378 e. The summed E-state index contributed by atoms with van der Waals surface area (Å²) in [6.45, 7) is 8.48. The van der Waals surface area contributed by atoms with E-state index in [0.29, 0.717) is 18.1 Å². The molecule has 4 nitrogen and oxygen atoms in total.